The largest absolute Gasteiger partial charge is 0.393 e. The third-order valence-corrected chi connectivity index (χ3v) is 7.17. The van der Waals surface area contributed by atoms with E-state index in [4.69, 9.17) is 0 Å². The van der Waals surface area contributed by atoms with Crippen molar-refractivity contribution in [2.24, 2.45) is 28.6 Å². The molecule has 2 fully saturated rings. The van der Waals surface area contributed by atoms with E-state index in [9.17, 15) is 14.7 Å². The van der Waals surface area contributed by atoms with Crippen LogP contribution in [0.5, 0.6) is 0 Å². The summed E-state index contributed by atoms with van der Waals surface area (Å²) in [5, 5.41) is 10.9. The summed E-state index contributed by atoms with van der Waals surface area (Å²) in [5.74, 6) is 1.27. The molecule has 0 amide bonds. The Kier molecular flexibility index (Phi) is 2.88. The maximum absolute atomic E-state index is 12.4. The van der Waals surface area contributed by atoms with Crippen LogP contribution in [-0.4, -0.2) is 22.8 Å². The normalized spacial score (nSPS) is 50.2. The van der Waals surface area contributed by atoms with Crippen molar-refractivity contribution in [1.82, 2.24) is 0 Å². The fourth-order valence-electron chi connectivity index (χ4n) is 5.90. The van der Waals surface area contributed by atoms with E-state index in [1.807, 2.05) is 0 Å². The van der Waals surface area contributed by atoms with Gasteiger partial charge >= 0.3 is 0 Å². The number of ketones is 2. The van der Waals surface area contributed by atoms with Crippen LogP contribution in [-0.2, 0) is 9.59 Å². The summed E-state index contributed by atoms with van der Waals surface area (Å²) < 4.78 is 0. The molecule has 0 spiro atoms. The van der Waals surface area contributed by atoms with Gasteiger partial charge in [0.25, 0.3) is 0 Å². The number of Topliss-reactive ketones (excluding diaryl/α,β-unsaturated/α-hetero) is 1. The van der Waals surface area contributed by atoms with Crippen LogP contribution in [0.25, 0.3) is 0 Å². The molecule has 4 rings (SSSR count). The maximum Gasteiger partial charge on any atom is 0.156 e. The summed E-state index contributed by atoms with van der Waals surface area (Å²) in [6.45, 7) is 4.26. The molecular formula is C19H24O3. The van der Waals surface area contributed by atoms with Crippen LogP contribution in [0.3, 0.4) is 0 Å². The number of carbonyl (C=O) groups excluding carboxylic acids is 2. The van der Waals surface area contributed by atoms with E-state index < -0.39 is 6.10 Å². The first-order valence-electron chi connectivity index (χ1n) is 8.51. The van der Waals surface area contributed by atoms with E-state index in [2.05, 4.69) is 26.0 Å². The van der Waals surface area contributed by atoms with E-state index in [1.165, 1.54) is 0 Å². The molecule has 6 atom stereocenters. The van der Waals surface area contributed by atoms with Gasteiger partial charge in [0, 0.05) is 24.2 Å². The van der Waals surface area contributed by atoms with E-state index in [-0.39, 0.29) is 28.4 Å². The van der Waals surface area contributed by atoms with Crippen molar-refractivity contribution >= 4 is 11.6 Å². The zero-order valence-corrected chi connectivity index (χ0v) is 13.3. The van der Waals surface area contributed by atoms with Crippen LogP contribution >= 0.6 is 0 Å². The summed E-state index contributed by atoms with van der Waals surface area (Å²) in [5.41, 5.74) is 0.601. The second-order valence-corrected chi connectivity index (χ2v) is 8.20. The molecule has 0 aromatic carbocycles. The van der Waals surface area contributed by atoms with Gasteiger partial charge < -0.3 is 5.11 Å². The fraction of sp³-hybridized carbons (Fsp3) is 0.684. The molecule has 0 heterocycles. The minimum atomic E-state index is -0.458. The standard InChI is InChI=1S/C19H24O3/c1-18-8-7-12(20)9-11(18)3-4-13-14-5-6-16(22)19(14,2)10-15(21)17(13)18/h3-4,9,13-15,17,21H,5-8,10H2,1-2H3/t13-,14-,15?,17?,18-,19-/m0/s1. The summed E-state index contributed by atoms with van der Waals surface area (Å²) >= 11 is 0. The second-order valence-electron chi connectivity index (χ2n) is 8.20. The Morgan fingerprint density at radius 2 is 1.95 bits per heavy atom. The van der Waals surface area contributed by atoms with Gasteiger partial charge in [0.1, 0.15) is 5.78 Å². The molecule has 0 bridgehead atoms. The third-order valence-electron chi connectivity index (χ3n) is 7.17. The number of hydrogen-bond donors (Lipinski definition) is 1. The summed E-state index contributed by atoms with van der Waals surface area (Å²) in [6.07, 6.45) is 9.17. The van der Waals surface area contributed by atoms with Crippen LogP contribution in [0.15, 0.2) is 23.8 Å². The number of allylic oxidation sites excluding steroid dienone is 4. The van der Waals surface area contributed by atoms with Gasteiger partial charge in [-0.25, -0.2) is 0 Å². The number of rotatable bonds is 0. The number of aliphatic hydroxyl groups excluding tert-OH is 1. The lowest BCUT2D eigenvalue weighted by molar-refractivity contribution is -0.139. The molecular weight excluding hydrogens is 276 g/mol. The van der Waals surface area contributed by atoms with Crippen molar-refractivity contribution in [3.63, 3.8) is 0 Å². The lowest BCUT2D eigenvalue weighted by Gasteiger charge is -2.56. The molecule has 2 saturated carbocycles. The second kappa shape index (κ2) is 4.41. The summed E-state index contributed by atoms with van der Waals surface area (Å²) in [6, 6.07) is 0. The van der Waals surface area contributed by atoms with Crippen molar-refractivity contribution < 1.29 is 14.7 Å². The average molecular weight is 300 g/mol. The monoisotopic (exact) mass is 300 g/mol. The Bertz CT molecular complexity index is 616. The Morgan fingerprint density at radius 3 is 2.73 bits per heavy atom. The predicted octanol–water partition coefficient (Wildman–Crippen LogP) is 2.83. The zero-order valence-electron chi connectivity index (χ0n) is 13.3. The highest BCUT2D eigenvalue weighted by Gasteiger charge is 2.61. The third kappa shape index (κ3) is 1.66. The highest BCUT2D eigenvalue weighted by atomic mass is 16.3. The molecule has 0 saturated heterocycles. The average Bonchev–Trinajstić information content (AvgIpc) is 2.75. The van der Waals surface area contributed by atoms with Crippen molar-refractivity contribution in [1.29, 1.82) is 0 Å². The first-order valence-corrected chi connectivity index (χ1v) is 8.51. The first-order chi connectivity index (χ1) is 10.4. The van der Waals surface area contributed by atoms with Crippen molar-refractivity contribution in [3.05, 3.63) is 23.8 Å². The van der Waals surface area contributed by atoms with E-state index >= 15 is 0 Å². The molecule has 4 aliphatic rings. The number of fused-ring (bicyclic) bond motifs is 5. The predicted molar refractivity (Wildman–Crippen MR) is 83.0 cm³/mol. The van der Waals surface area contributed by atoms with Crippen molar-refractivity contribution in [2.75, 3.05) is 0 Å². The van der Waals surface area contributed by atoms with Gasteiger partial charge in [-0.3, -0.25) is 9.59 Å². The highest BCUT2D eigenvalue weighted by Crippen LogP contribution is 2.62. The molecule has 22 heavy (non-hydrogen) atoms. The lowest BCUT2D eigenvalue weighted by atomic mass is 9.48. The van der Waals surface area contributed by atoms with Crippen molar-refractivity contribution in [2.45, 2.75) is 52.1 Å². The van der Waals surface area contributed by atoms with E-state index in [0.29, 0.717) is 31.0 Å². The minimum Gasteiger partial charge on any atom is -0.393 e. The Balaban J connectivity index is 1.81. The topological polar surface area (TPSA) is 54.4 Å². The number of aliphatic hydroxyl groups is 1. The number of hydrogen-bond acceptors (Lipinski definition) is 3. The molecule has 118 valence electrons. The Hall–Kier alpha value is -1.22. The van der Waals surface area contributed by atoms with Gasteiger partial charge in [-0.1, -0.05) is 26.0 Å². The van der Waals surface area contributed by atoms with Crippen molar-refractivity contribution in [3.8, 4) is 0 Å². The van der Waals surface area contributed by atoms with Gasteiger partial charge in [0.2, 0.25) is 0 Å². The maximum atomic E-state index is 12.4. The van der Waals surface area contributed by atoms with Gasteiger partial charge in [0.05, 0.1) is 6.10 Å². The molecule has 3 nitrogen and oxygen atoms in total. The van der Waals surface area contributed by atoms with E-state index in [1.54, 1.807) is 6.08 Å². The SMILES string of the molecule is C[C@]12CCC(=O)C=C1C=C[C@@H]1C2C(O)C[C@]2(C)C(=O)CC[C@@H]12. The fourth-order valence-corrected chi connectivity index (χ4v) is 5.90. The van der Waals surface area contributed by atoms with Gasteiger partial charge in [-0.15, -0.1) is 0 Å². The molecule has 0 radical (unpaired) electrons. The molecule has 4 aliphatic carbocycles. The van der Waals surface area contributed by atoms with E-state index in [0.717, 1.165) is 18.4 Å². The highest BCUT2D eigenvalue weighted by molar-refractivity contribution is 5.92. The van der Waals surface area contributed by atoms with Crippen LogP contribution < -0.4 is 0 Å². The Morgan fingerprint density at radius 1 is 1.18 bits per heavy atom. The first kappa shape index (κ1) is 14.4. The summed E-state index contributed by atoms with van der Waals surface area (Å²) in [4.78, 5) is 24.1. The van der Waals surface area contributed by atoms with Gasteiger partial charge in [-0.05, 0) is 48.2 Å². The molecule has 3 heteroatoms. The zero-order chi connectivity index (χ0) is 15.7. The molecule has 2 unspecified atom stereocenters. The molecule has 1 N–H and O–H groups in total. The van der Waals surface area contributed by atoms with Gasteiger partial charge in [-0.2, -0.15) is 0 Å². The quantitative estimate of drug-likeness (QED) is 0.748. The van der Waals surface area contributed by atoms with Crippen LogP contribution in [0.2, 0.25) is 0 Å². The molecule has 0 aromatic rings. The number of carbonyl (C=O) groups is 2. The Labute approximate surface area is 131 Å². The molecule has 0 aromatic heterocycles. The van der Waals surface area contributed by atoms with Crippen LogP contribution in [0, 0.1) is 28.6 Å². The van der Waals surface area contributed by atoms with Gasteiger partial charge in [0.15, 0.2) is 5.78 Å². The minimum absolute atomic E-state index is 0.125. The van der Waals surface area contributed by atoms with Crippen LogP contribution in [0.1, 0.15) is 46.0 Å². The summed E-state index contributed by atoms with van der Waals surface area (Å²) in [7, 11) is 0. The lowest BCUT2D eigenvalue weighted by Crippen LogP contribution is -2.55. The molecule has 0 aliphatic heterocycles. The smallest absolute Gasteiger partial charge is 0.156 e. The van der Waals surface area contributed by atoms with Crippen LogP contribution in [0.4, 0.5) is 0 Å².